The van der Waals surface area contributed by atoms with Crippen molar-refractivity contribution < 1.29 is 14.3 Å². The second-order valence-electron chi connectivity index (χ2n) is 3.78. The third kappa shape index (κ3) is 2.25. The number of fused-ring (bicyclic) bond motifs is 1. The van der Waals surface area contributed by atoms with Crippen LogP contribution in [0.1, 0.15) is 18.0 Å². The summed E-state index contributed by atoms with van der Waals surface area (Å²) < 4.78 is 10.8. The van der Waals surface area contributed by atoms with Crippen molar-refractivity contribution in [1.29, 1.82) is 0 Å². The van der Waals surface area contributed by atoms with Gasteiger partial charge in [0, 0.05) is 12.0 Å². The smallest absolute Gasteiger partial charge is 0.243 e. The Balaban J connectivity index is 2.31. The molecule has 0 bridgehead atoms. The average molecular weight is 233 g/mol. The van der Waals surface area contributed by atoms with Crippen molar-refractivity contribution in [2.45, 2.75) is 12.5 Å². The molecule has 2 rings (SSSR count). The topological polar surface area (TPSA) is 47.6 Å². The summed E-state index contributed by atoms with van der Waals surface area (Å²) in [4.78, 5) is 11.3. The van der Waals surface area contributed by atoms with E-state index >= 15 is 0 Å². The van der Waals surface area contributed by atoms with E-state index in [0.717, 1.165) is 17.7 Å². The highest BCUT2D eigenvalue weighted by molar-refractivity contribution is 5.87. The summed E-state index contributed by atoms with van der Waals surface area (Å²) in [5, 5.41) is 2.88. The summed E-state index contributed by atoms with van der Waals surface area (Å²) in [6.07, 6.45) is 2.02. The largest absolute Gasteiger partial charge is 0.493 e. The number of hydrogen-bond donors (Lipinski definition) is 1. The van der Waals surface area contributed by atoms with Crippen molar-refractivity contribution in [3.05, 3.63) is 36.4 Å². The lowest BCUT2D eigenvalue weighted by molar-refractivity contribution is -0.117. The lowest BCUT2D eigenvalue weighted by atomic mass is 10.00. The first kappa shape index (κ1) is 11.5. The third-order valence-corrected chi connectivity index (χ3v) is 2.76. The van der Waals surface area contributed by atoms with Gasteiger partial charge in [-0.3, -0.25) is 4.79 Å². The van der Waals surface area contributed by atoms with Crippen LogP contribution in [-0.2, 0) is 4.79 Å². The SMILES string of the molecule is C=CC(=O)NC1CCOc2c(OC)cccc21. The summed E-state index contributed by atoms with van der Waals surface area (Å²) in [7, 11) is 1.60. The van der Waals surface area contributed by atoms with Crippen LogP contribution in [0.15, 0.2) is 30.9 Å². The van der Waals surface area contributed by atoms with Gasteiger partial charge in [-0.05, 0) is 12.1 Å². The Labute approximate surface area is 100 Å². The van der Waals surface area contributed by atoms with Crippen LogP contribution in [0.2, 0.25) is 0 Å². The first-order chi connectivity index (χ1) is 8.26. The molecule has 1 N–H and O–H groups in total. The van der Waals surface area contributed by atoms with Gasteiger partial charge < -0.3 is 14.8 Å². The van der Waals surface area contributed by atoms with Gasteiger partial charge in [-0.2, -0.15) is 0 Å². The average Bonchev–Trinajstić information content (AvgIpc) is 2.38. The molecule has 1 aliphatic heterocycles. The van der Waals surface area contributed by atoms with Crippen molar-refractivity contribution in [3.63, 3.8) is 0 Å². The van der Waals surface area contributed by atoms with Crippen LogP contribution in [0.4, 0.5) is 0 Å². The monoisotopic (exact) mass is 233 g/mol. The molecular weight excluding hydrogens is 218 g/mol. The first-order valence-electron chi connectivity index (χ1n) is 5.49. The lowest BCUT2D eigenvalue weighted by Gasteiger charge is -2.27. The van der Waals surface area contributed by atoms with Gasteiger partial charge in [0.25, 0.3) is 0 Å². The van der Waals surface area contributed by atoms with E-state index in [0.29, 0.717) is 12.4 Å². The highest BCUT2D eigenvalue weighted by Crippen LogP contribution is 2.39. The van der Waals surface area contributed by atoms with Gasteiger partial charge in [-0.25, -0.2) is 0 Å². The van der Waals surface area contributed by atoms with Crippen molar-refractivity contribution in [3.8, 4) is 11.5 Å². The summed E-state index contributed by atoms with van der Waals surface area (Å²) in [6, 6.07) is 5.63. The van der Waals surface area contributed by atoms with Gasteiger partial charge in [0.05, 0.1) is 19.8 Å². The first-order valence-corrected chi connectivity index (χ1v) is 5.49. The van der Waals surface area contributed by atoms with E-state index in [1.54, 1.807) is 7.11 Å². The molecule has 1 unspecified atom stereocenters. The second kappa shape index (κ2) is 4.91. The molecule has 1 amide bonds. The van der Waals surface area contributed by atoms with Gasteiger partial charge >= 0.3 is 0 Å². The number of ether oxygens (including phenoxy) is 2. The van der Waals surface area contributed by atoms with E-state index in [9.17, 15) is 4.79 Å². The minimum atomic E-state index is -0.175. The lowest BCUT2D eigenvalue weighted by Crippen LogP contribution is -2.30. The Kier molecular flexibility index (Phi) is 3.32. The number of para-hydroxylation sites is 1. The minimum Gasteiger partial charge on any atom is -0.493 e. The van der Waals surface area contributed by atoms with Gasteiger partial charge in [0.1, 0.15) is 0 Å². The molecule has 0 aliphatic carbocycles. The van der Waals surface area contributed by atoms with E-state index in [2.05, 4.69) is 11.9 Å². The van der Waals surface area contributed by atoms with Crippen molar-refractivity contribution in [2.24, 2.45) is 0 Å². The number of rotatable bonds is 3. The van der Waals surface area contributed by atoms with E-state index < -0.39 is 0 Å². The zero-order valence-electron chi connectivity index (χ0n) is 9.73. The zero-order chi connectivity index (χ0) is 12.3. The normalized spacial score (nSPS) is 17.6. The predicted molar refractivity (Wildman–Crippen MR) is 64.2 cm³/mol. The van der Waals surface area contributed by atoms with Crippen LogP contribution >= 0.6 is 0 Å². The Morgan fingerprint density at radius 2 is 2.47 bits per heavy atom. The van der Waals surface area contributed by atoms with Crippen LogP contribution in [0, 0.1) is 0 Å². The molecule has 0 fully saturated rings. The molecule has 17 heavy (non-hydrogen) atoms. The number of carbonyl (C=O) groups is 1. The molecule has 90 valence electrons. The number of benzene rings is 1. The quantitative estimate of drug-likeness (QED) is 0.810. The maximum atomic E-state index is 11.3. The Bertz CT molecular complexity index is 442. The number of hydrogen-bond acceptors (Lipinski definition) is 3. The zero-order valence-corrected chi connectivity index (χ0v) is 9.73. The molecule has 1 heterocycles. The minimum absolute atomic E-state index is 0.0423. The molecule has 0 aromatic heterocycles. The predicted octanol–water partition coefficient (Wildman–Crippen LogP) is 1.82. The molecular formula is C13H15NO3. The van der Waals surface area contributed by atoms with E-state index in [1.807, 2.05) is 18.2 Å². The Morgan fingerprint density at radius 3 is 3.18 bits per heavy atom. The summed E-state index contributed by atoms with van der Waals surface area (Å²) in [6.45, 7) is 4.01. The fourth-order valence-electron chi connectivity index (χ4n) is 1.94. The van der Waals surface area contributed by atoms with Crippen LogP contribution in [0.5, 0.6) is 11.5 Å². The fourth-order valence-corrected chi connectivity index (χ4v) is 1.94. The number of amides is 1. The van der Waals surface area contributed by atoms with Crippen LogP contribution < -0.4 is 14.8 Å². The molecule has 0 saturated carbocycles. The van der Waals surface area contributed by atoms with Gasteiger partial charge in [0.2, 0.25) is 5.91 Å². The van der Waals surface area contributed by atoms with Gasteiger partial charge in [0.15, 0.2) is 11.5 Å². The van der Waals surface area contributed by atoms with Crippen LogP contribution in [0.25, 0.3) is 0 Å². The maximum Gasteiger partial charge on any atom is 0.243 e. The van der Waals surface area contributed by atoms with Crippen molar-refractivity contribution in [2.75, 3.05) is 13.7 Å². The second-order valence-corrected chi connectivity index (χ2v) is 3.78. The van der Waals surface area contributed by atoms with Crippen molar-refractivity contribution >= 4 is 5.91 Å². The Morgan fingerprint density at radius 1 is 1.65 bits per heavy atom. The highest BCUT2D eigenvalue weighted by atomic mass is 16.5. The van der Waals surface area contributed by atoms with Gasteiger partial charge in [-0.15, -0.1) is 0 Å². The summed E-state index contributed by atoms with van der Waals surface area (Å²) in [5.74, 6) is 1.24. The molecule has 1 aromatic carbocycles. The van der Waals surface area contributed by atoms with Crippen LogP contribution in [-0.4, -0.2) is 19.6 Å². The van der Waals surface area contributed by atoms with Gasteiger partial charge in [-0.1, -0.05) is 18.7 Å². The third-order valence-electron chi connectivity index (χ3n) is 2.76. The van der Waals surface area contributed by atoms with E-state index in [1.165, 1.54) is 6.08 Å². The van der Waals surface area contributed by atoms with E-state index in [-0.39, 0.29) is 11.9 Å². The molecule has 1 atom stereocenters. The molecule has 0 saturated heterocycles. The Hall–Kier alpha value is -1.97. The van der Waals surface area contributed by atoms with E-state index in [4.69, 9.17) is 9.47 Å². The molecule has 1 aliphatic rings. The van der Waals surface area contributed by atoms with Crippen molar-refractivity contribution in [1.82, 2.24) is 5.32 Å². The number of nitrogens with one attached hydrogen (secondary N) is 1. The molecule has 0 spiro atoms. The standard InChI is InChI=1S/C13H15NO3/c1-3-12(15)14-10-7-8-17-13-9(10)5-4-6-11(13)16-2/h3-6,10H,1,7-8H2,2H3,(H,14,15). The number of methoxy groups -OCH3 is 1. The number of carbonyl (C=O) groups excluding carboxylic acids is 1. The summed E-state index contributed by atoms with van der Waals surface area (Å²) >= 11 is 0. The summed E-state index contributed by atoms with van der Waals surface area (Å²) in [5.41, 5.74) is 0.950. The molecule has 0 radical (unpaired) electrons. The highest BCUT2D eigenvalue weighted by Gasteiger charge is 2.24. The maximum absolute atomic E-state index is 11.3. The fraction of sp³-hybridized carbons (Fsp3) is 0.308. The molecule has 4 heteroatoms. The molecule has 4 nitrogen and oxygen atoms in total. The molecule has 1 aromatic rings. The van der Waals surface area contributed by atoms with Crippen LogP contribution in [0.3, 0.4) is 0 Å².